The van der Waals surface area contributed by atoms with E-state index >= 15 is 0 Å². The van der Waals surface area contributed by atoms with Crippen LogP contribution < -0.4 is 0 Å². The summed E-state index contributed by atoms with van der Waals surface area (Å²) in [5, 5.41) is 0. The standard InChI is InChI=1S/C21H26FN3O3/c1-13(2)18-12-24(21(27)20-14(3)28-15(4)23-20)10-9-19(26)25(18)11-16-5-7-17(22)8-6-16/h5-8,13,18H,9-12H2,1-4H3. The number of aryl methyl sites for hydroxylation is 2. The lowest BCUT2D eigenvalue weighted by Crippen LogP contribution is -2.47. The molecule has 1 aliphatic heterocycles. The van der Waals surface area contributed by atoms with Gasteiger partial charge in [0.15, 0.2) is 11.6 Å². The Morgan fingerprint density at radius 2 is 1.96 bits per heavy atom. The third-order valence-corrected chi connectivity index (χ3v) is 5.15. The lowest BCUT2D eigenvalue weighted by Gasteiger charge is -2.34. The molecule has 1 aromatic heterocycles. The highest BCUT2D eigenvalue weighted by atomic mass is 19.1. The first-order chi connectivity index (χ1) is 13.3. The van der Waals surface area contributed by atoms with Gasteiger partial charge in [-0.2, -0.15) is 0 Å². The van der Waals surface area contributed by atoms with E-state index in [-0.39, 0.29) is 36.0 Å². The van der Waals surface area contributed by atoms with Crippen molar-refractivity contribution in [3.63, 3.8) is 0 Å². The summed E-state index contributed by atoms with van der Waals surface area (Å²) >= 11 is 0. The summed E-state index contributed by atoms with van der Waals surface area (Å²) in [6, 6.07) is 6.03. The van der Waals surface area contributed by atoms with Crippen LogP contribution >= 0.6 is 0 Å². The van der Waals surface area contributed by atoms with Gasteiger partial charge in [-0.25, -0.2) is 9.37 Å². The van der Waals surface area contributed by atoms with Crippen LogP contribution in [0.25, 0.3) is 0 Å². The second kappa shape index (κ2) is 8.12. The number of hydrogen-bond acceptors (Lipinski definition) is 4. The molecule has 1 atom stereocenters. The van der Waals surface area contributed by atoms with Gasteiger partial charge < -0.3 is 14.2 Å². The fraction of sp³-hybridized carbons (Fsp3) is 0.476. The molecule has 150 valence electrons. The molecule has 2 heterocycles. The molecule has 2 amide bonds. The lowest BCUT2D eigenvalue weighted by atomic mass is 10.0. The first kappa shape index (κ1) is 20.0. The van der Waals surface area contributed by atoms with Crippen molar-refractivity contribution in [1.82, 2.24) is 14.8 Å². The molecule has 1 unspecified atom stereocenters. The Morgan fingerprint density at radius 3 is 2.54 bits per heavy atom. The van der Waals surface area contributed by atoms with E-state index in [9.17, 15) is 14.0 Å². The Balaban J connectivity index is 1.84. The van der Waals surface area contributed by atoms with Gasteiger partial charge in [-0.05, 0) is 30.5 Å². The molecule has 0 spiro atoms. The molecular weight excluding hydrogens is 361 g/mol. The Hall–Kier alpha value is -2.70. The smallest absolute Gasteiger partial charge is 0.276 e. The van der Waals surface area contributed by atoms with Crippen molar-refractivity contribution in [2.45, 2.75) is 46.7 Å². The maximum Gasteiger partial charge on any atom is 0.276 e. The third kappa shape index (κ3) is 4.24. The lowest BCUT2D eigenvalue weighted by molar-refractivity contribution is -0.134. The van der Waals surface area contributed by atoms with E-state index in [4.69, 9.17) is 4.42 Å². The van der Waals surface area contributed by atoms with E-state index in [1.54, 1.807) is 30.9 Å². The first-order valence-electron chi connectivity index (χ1n) is 9.53. The fourth-order valence-corrected chi connectivity index (χ4v) is 3.60. The molecule has 0 radical (unpaired) electrons. The minimum atomic E-state index is -0.304. The van der Waals surface area contributed by atoms with E-state index in [2.05, 4.69) is 4.98 Å². The summed E-state index contributed by atoms with van der Waals surface area (Å²) in [6.07, 6.45) is 0.242. The van der Waals surface area contributed by atoms with Gasteiger partial charge in [0.1, 0.15) is 11.6 Å². The monoisotopic (exact) mass is 387 g/mol. The minimum absolute atomic E-state index is 0.00798. The Labute approximate surface area is 164 Å². The van der Waals surface area contributed by atoms with Gasteiger partial charge >= 0.3 is 0 Å². The average Bonchev–Trinajstić information content (AvgIpc) is 2.89. The molecule has 7 heteroatoms. The summed E-state index contributed by atoms with van der Waals surface area (Å²) in [5.74, 6) is 0.564. The molecule has 0 bridgehead atoms. The normalized spacial score (nSPS) is 17.9. The number of amides is 2. The van der Waals surface area contributed by atoms with E-state index in [0.717, 1.165) is 5.56 Å². The maximum absolute atomic E-state index is 13.2. The summed E-state index contributed by atoms with van der Waals surface area (Å²) in [6.45, 7) is 8.66. The van der Waals surface area contributed by atoms with Gasteiger partial charge in [0.25, 0.3) is 5.91 Å². The molecule has 1 fully saturated rings. The zero-order chi connectivity index (χ0) is 20.4. The highest BCUT2D eigenvalue weighted by Crippen LogP contribution is 2.23. The number of benzene rings is 1. The number of oxazole rings is 1. The summed E-state index contributed by atoms with van der Waals surface area (Å²) in [4.78, 5) is 33.6. The molecule has 0 aliphatic carbocycles. The number of carbonyl (C=O) groups excluding carboxylic acids is 2. The van der Waals surface area contributed by atoms with Crippen LogP contribution in [0.15, 0.2) is 28.7 Å². The molecule has 1 aromatic carbocycles. The van der Waals surface area contributed by atoms with E-state index < -0.39 is 0 Å². The molecule has 2 aromatic rings. The van der Waals surface area contributed by atoms with Crippen LogP contribution in [0.4, 0.5) is 4.39 Å². The highest BCUT2D eigenvalue weighted by Gasteiger charge is 2.34. The van der Waals surface area contributed by atoms with E-state index in [1.165, 1.54) is 12.1 Å². The van der Waals surface area contributed by atoms with Crippen molar-refractivity contribution in [2.75, 3.05) is 13.1 Å². The number of aromatic nitrogens is 1. The van der Waals surface area contributed by atoms with Crippen LogP contribution in [0, 0.1) is 25.6 Å². The number of nitrogens with zero attached hydrogens (tertiary/aromatic N) is 3. The van der Waals surface area contributed by atoms with Gasteiger partial charge in [0.05, 0.1) is 6.04 Å². The van der Waals surface area contributed by atoms with Crippen LogP contribution in [-0.4, -0.2) is 45.7 Å². The molecule has 0 N–H and O–H groups in total. The molecule has 1 saturated heterocycles. The highest BCUT2D eigenvalue weighted by molar-refractivity contribution is 5.93. The number of carbonyl (C=O) groups is 2. The fourth-order valence-electron chi connectivity index (χ4n) is 3.60. The predicted octanol–water partition coefficient (Wildman–Crippen LogP) is 3.33. The average molecular weight is 387 g/mol. The zero-order valence-corrected chi connectivity index (χ0v) is 16.7. The van der Waals surface area contributed by atoms with Crippen LogP contribution in [0.2, 0.25) is 0 Å². The van der Waals surface area contributed by atoms with Crippen LogP contribution in [0.3, 0.4) is 0 Å². The summed E-state index contributed by atoms with van der Waals surface area (Å²) in [7, 11) is 0. The predicted molar refractivity (Wildman–Crippen MR) is 102 cm³/mol. The maximum atomic E-state index is 13.2. The number of rotatable bonds is 4. The van der Waals surface area contributed by atoms with E-state index in [1.807, 2.05) is 18.7 Å². The molecule has 6 nitrogen and oxygen atoms in total. The van der Waals surface area contributed by atoms with Crippen LogP contribution in [0.5, 0.6) is 0 Å². The second-order valence-electron chi connectivity index (χ2n) is 7.60. The third-order valence-electron chi connectivity index (χ3n) is 5.15. The van der Waals surface area contributed by atoms with Crippen molar-refractivity contribution >= 4 is 11.8 Å². The van der Waals surface area contributed by atoms with Gasteiger partial charge in [0, 0.05) is 33.0 Å². The summed E-state index contributed by atoms with van der Waals surface area (Å²) in [5.41, 5.74) is 1.17. The van der Waals surface area contributed by atoms with Crippen molar-refractivity contribution in [1.29, 1.82) is 0 Å². The Morgan fingerprint density at radius 1 is 1.29 bits per heavy atom. The Kier molecular flexibility index (Phi) is 5.82. The quantitative estimate of drug-likeness (QED) is 0.807. The largest absolute Gasteiger partial charge is 0.445 e. The molecule has 3 rings (SSSR count). The topological polar surface area (TPSA) is 66.7 Å². The van der Waals surface area contributed by atoms with Crippen molar-refractivity contribution < 1.29 is 18.4 Å². The SMILES string of the molecule is Cc1nc(C(=O)N2CCC(=O)N(Cc3ccc(F)cc3)C(C(C)C)C2)c(C)o1. The van der Waals surface area contributed by atoms with Crippen molar-refractivity contribution in [2.24, 2.45) is 5.92 Å². The van der Waals surface area contributed by atoms with Crippen molar-refractivity contribution in [3.05, 3.63) is 53.0 Å². The second-order valence-corrected chi connectivity index (χ2v) is 7.60. The first-order valence-corrected chi connectivity index (χ1v) is 9.53. The van der Waals surface area contributed by atoms with Gasteiger partial charge in [0.2, 0.25) is 5.91 Å². The minimum Gasteiger partial charge on any atom is -0.445 e. The van der Waals surface area contributed by atoms with Crippen LogP contribution in [-0.2, 0) is 11.3 Å². The summed E-state index contributed by atoms with van der Waals surface area (Å²) < 4.78 is 18.6. The van der Waals surface area contributed by atoms with Gasteiger partial charge in [-0.1, -0.05) is 26.0 Å². The molecule has 1 aliphatic rings. The van der Waals surface area contributed by atoms with Gasteiger partial charge in [-0.3, -0.25) is 9.59 Å². The van der Waals surface area contributed by atoms with Gasteiger partial charge in [-0.15, -0.1) is 0 Å². The zero-order valence-electron chi connectivity index (χ0n) is 16.7. The van der Waals surface area contributed by atoms with Crippen LogP contribution in [0.1, 0.15) is 48.0 Å². The molecule has 28 heavy (non-hydrogen) atoms. The Bertz CT molecular complexity index is 860. The molecule has 0 saturated carbocycles. The number of halogens is 1. The van der Waals surface area contributed by atoms with Crippen molar-refractivity contribution in [3.8, 4) is 0 Å². The number of hydrogen-bond donors (Lipinski definition) is 0. The van der Waals surface area contributed by atoms with E-state index in [0.29, 0.717) is 37.0 Å². The molecular formula is C21H26FN3O3.